The van der Waals surface area contributed by atoms with E-state index in [1.807, 2.05) is 29.6 Å². The Morgan fingerprint density at radius 3 is 2.65 bits per heavy atom. The van der Waals surface area contributed by atoms with Crippen LogP contribution in [0.5, 0.6) is 0 Å². The molecular formula is C12H12N6S2. The van der Waals surface area contributed by atoms with Crippen LogP contribution in [0.25, 0.3) is 11.0 Å². The highest BCUT2D eigenvalue weighted by Crippen LogP contribution is 2.09. The molecule has 2 aromatic heterocycles. The van der Waals surface area contributed by atoms with Gasteiger partial charge in [-0.15, -0.1) is 11.3 Å². The number of benzene rings is 1. The van der Waals surface area contributed by atoms with Crippen LogP contribution in [0, 0.1) is 0 Å². The number of fused-ring (bicyclic) bond motifs is 1. The zero-order chi connectivity index (χ0) is 13.8. The van der Waals surface area contributed by atoms with E-state index in [0.29, 0.717) is 18.2 Å². The van der Waals surface area contributed by atoms with Gasteiger partial charge in [0.1, 0.15) is 11.0 Å². The SMILES string of the molecule is S=C(NCCn1nc2ccccc2n1)Nc1nccs1. The molecule has 8 heteroatoms. The van der Waals surface area contributed by atoms with E-state index in [4.69, 9.17) is 12.2 Å². The minimum Gasteiger partial charge on any atom is -0.360 e. The van der Waals surface area contributed by atoms with Crippen LogP contribution in [-0.4, -0.2) is 31.6 Å². The summed E-state index contributed by atoms with van der Waals surface area (Å²) in [5.41, 5.74) is 1.80. The number of hydrogen-bond donors (Lipinski definition) is 2. The average Bonchev–Trinajstić information content (AvgIpc) is 3.07. The summed E-state index contributed by atoms with van der Waals surface area (Å²) >= 11 is 6.68. The van der Waals surface area contributed by atoms with Crippen LogP contribution >= 0.6 is 23.6 Å². The van der Waals surface area contributed by atoms with Crippen LogP contribution in [0.4, 0.5) is 5.13 Å². The number of thiocarbonyl (C=S) groups is 1. The predicted octanol–water partition coefficient (Wildman–Crippen LogP) is 1.87. The third kappa shape index (κ3) is 3.09. The van der Waals surface area contributed by atoms with Gasteiger partial charge in [0, 0.05) is 18.1 Å². The molecule has 0 aliphatic heterocycles. The number of nitrogens with one attached hydrogen (secondary N) is 2. The molecule has 20 heavy (non-hydrogen) atoms. The van der Waals surface area contributed by atoms with Gasteiger partial charge in [-0.25, -0.2) is 4.98 Å². The molecule has 3 aromatic rings. The molecule has 6 nitrogen and oxygen atoms in total. The molecule has 0 fully saturated rings. The van der Waals surface area contributed by atoms with Gasteiger partial charge in [-0.05, 0) is 24.4 Å². The summed E-state index contributed by atoms with van der Waals surface area (Å²) < 4.78 is 0. The summed E-state index contributed by atoms with van der Waals surface area (Å²) in [5, 5.41) is 18.1. The van der Waals surface area contributed by atoms with Crippen LogP contribution < -0.4 is 10.6 Å². The van der Waals surface area contributed by atoms with Gasteiger partial charge in [-0.2, -0.15) is 15.0 Å². The van der Waals surface area contributed by atoms with Crippen molar-refractivity contribution >= 4 is 44.8 Å². The van der Waals surface area contributed by atoms with Crippen molar-refractivity contribution in [2.24, 2.45) is 0 Å². The maximum absolute atomic E-state index is 5.18. The summed E-state index contributed by atoms with van der Waals surface area (Å²) in [6.07, 6.45) is 1.73. The standard InChI is InChI=1S/C12H12N6S2/c19-11(15-12-14-6-8-20-12)13-5-7-18-16-9-3-1-2-4-10(9)17-18/h1-4,6,8H,5,7H2,(H2,13,14,15,19). The zero-order valence-electron chi connectivity index (χ0n) is 10.5. The van der Waals surface area contributed by atoms with Gasteiger partial charge in [-0.1, -0.05) is 12.1 Å². The Hall–Kier alpha value is -2.06. The van der Waals surface area contributed by atoms with Crippen molar-refractivity contribution in [3.63, 3.8) is 0 Å². The Kier molecular flexibility index (Phi) is 3.84. The topological polar surface area (TPSA) is 67.7 Å². The van der Waals surface area contributed by atoms with Gasteiger partial charge in [0.2, 0.25) is 0 Å². The molecule has 0 radical (unpaired) electrons. The van der Waals surface area contributed by atoms with E-state index in [2.05, 4.69) is 25.8 Å². The number of nitrogens with zero attached hydrogens (tertiary/aromatic N) is 4. The second-order valence-corrected chi connectivity index (χ2v) is 5.31. The first-order valence-electron chi connectivity index (χ1n) is 6.05. The highest BCUT2D eigenvalue weighted by Gasteiger charge is 2.02. The summed E-state index contributed by atoms with van der Waals surface area (Å²) in [6, 6.07) is 7.79. The number of anilines is 1. The van der Waals surface area contributed by atoms with Gasteiger partial charge in [-0.3, -0.25) is 0 Å². The lowest BCUT2D eigenvalue weighted by atomic mass is 10.3. The lowest BCUT2D eigenvalue weighted by Gasteiger charge is -2.07. The van der Waals surface area contributed by atoms with Gasteiger partial charge in [0.05, 0.1) is 6.54 Å². The fraction of sp³-hybridized carbons (Fsp3) is 0.167. The lowest BCUT2D eigenvalue weighted by Crippen LogP contribution is -2.31. The van der Waals surface area contributed by atoms with E-state index in [1.54, 1.807) is 11.0 Å². The Morgan fingerprint density at radius 1 is 1.25 bits per heavy atom. The number of aromatic nitrogens is 4. The van der Waals surface area contributed by atoms with Gasteiger partial charge in [0.15, 0.2) is 10.2 Å². The summed E-state index contributed by atoms with van der Waals surface area (Å²) in [6.45, 7) is 1.30. The summed E-state index contributed by atoms with van der Waals surface area (Å²) in [5.74, 6) is 0. The highest BCUT2D eigenvalue weighted by molar-refractivity contribution is 7.80. The van der Waals surface area contributed by atoms with Crippen LogP contribution in [0.1, 0.15) is 0 Å². The van der Waals surface area contributed by atoms with E-state index in [-0.39, 0.29) is 0 Å². The van der Waals surface area contributed by atoms with Crippen LogP contribution in [0.3, 0.4) is 0 Å². The highest BCUT2D eigenvalue weighted by atomic mass is 32.1. The maximum atomic E-state index is 5.18. The quantitative estimate of drug-likeness (QED) is 0.717. The molecule has 0 spiro atoms. The molecular weight excluding hydrogens is 292 g/mol. The molecule has 3 rings (SSSR count). The molecule has 102 valence electrons. The first kappa shape index (κ1) is 12.9. The molecule has 2 heterocycles. The Balaban J connectivity index is 1.51. The molecule has 0 atom stereocenters. The van der Waals surface area contributed by atoms with Crippen molar-refractivity contribution in [2.45, 2.75) is 6.54 Å². The Bertz CT molecular complexity index is 673. The second-order valence-electron chi connectivity index (χ2n) is 4.00. The smallest absolute Gasteiger partial charge is 0.188 e. The van der Waals surface area contributed by atoms with E-state index in [9.17, 15) is 0 Å². The largest absolute Gasteiger partial charge is 0.360 e. The molecule has 0 aliphatic rings. The van der Waals surface area contributed by atoms with Crippen molar-refractivity contribution < 1.29 is 0 Å². The van der Waals surface area contributed by atoms with Crippen LogP contribution in [-0.2, 0) is 6.54 Å². The molecule has 0 saturated carbocycles. The average molecular weight is 304 g/mol. The predicted molar refractivity (Wildman–Crippen MR) is 83.9 cm³/mol. The first-order valence-corrected chi connectivity index (χ1v) is 7.34. The molecule has 2 N–H and O–H groups in total. The molecule has 0 saturated heterocycles. The molecule has 0 amide bonds. The number of hydrogen-bond acceptors (Lipinski definition) is 5. The minimum atomic E-state index is 0.552. The van der Waals surface area contributed by atoms with E-state index >= 15 is 0 Å². The van der Waals surface area contributed by atoms with Crippen molar-refractivity contribution in [2.75, 3.05) is 11.9 Å². The van der Waals surface area contributed by atoms with Gasteiger partial charge < -0.3 is 10.6 Å². The van der Waals surface area contributed by atoms with Crippen LogP contribution in [0.2, 0.25) is 0 Å². The van der Waals surface area contributed by atoms with E-state index < -0.39 is 0 Å². The lowest BCUT2D eigenvalue weighted by molar-refractivity contribution is 0.539. The fourth-order valence-corrected chi connectivity index (χ4v) is 2.50. The fourth-order valence-electron chi connectivity index (χ4n) is 1.70. The third-order valence-corrected chi connectivity index (χ3v) is 3.51. The van der Waals surface area contributed by atoms with Crippen molar-refractivity contribution in [3.05, 3.63) is 35.8 Å². The summed E-state index contributed by atoms with van der Waals surface area (Å²) in [4.78, 5) is 5.77. The van der Waals surface area contributed by atoms with E-state index in [1.165, 1.54) is 11.3 Å². The Labute approximate surface area is 124 Å². The molecule has 0 unspecified atom stereocenters. The van der Waals surface area contributed by atoms with Crippen LogP contribution in [0.15, 0.2) is 35.8 Å². The first-order chi connectivity index (χ1) is 9.81. The summed E-state index contributed by atoms with van der Waals surface area (Å²) in [7, 11) is 0. The number of thiazole rings is 1. The molecule has 0 bridgehead atoms. The maximum Gasteiger partial charge on any atom is 0.188 e. The number of rotatable bonds is 4. The van der Waals surface area contributed by atoms with Crippen molar-refractivity contribution in [3.8, 4) is 0 Å². The normalized spacial score (nSPS) is 10.6. The zero-order valence-corrected chi connectivity index (χ0v) is 12.1. The Morgan fingerprint density at radius 2 is 2.00 bits per heavy atom. The third-order valence-electron chi connectivity index (χ3n) is 2.58. The molecule has 0 aliphatic carbocycles. The monoisotopic (exact) mass is 304 g/mol. The minimum absolute atomic E-state index is 0.552. The molecule has 1 aromatic carbocycles. The van der Waals surface area contributed by atoms with Crippen molar-refractivity contribution in [1.29, 1.82) is 0 Å². The van der Waals surface area contributed by atoms with Crippen molar-refractivity contribution in [1.82, 2.24) is 25.3 Å². The van der Waals surface area contributed by atoms with E-state index in [0.717, 1.165) is 16.2 Å². The van der Waals surface area contributed by atoms with Gasteiger partial charge >= 0.3 is 0 Å². The van der Waals surface area contributed by atoms with Gasteiger partial charge in [0.25, 0.3) is 0 Å². The second kappa shape index (κ2) is 5.93.